The van der Waals surface area contributed by atoms with Crippen molar-refractivity contribution in [3.8, 4) is 11.5 Å². The lowest BCUT2D eigenvalue weighted by Crippen LogP contribution is -2.42. The maximum atomic E-state index is 13.0. The average molecular weight is 372 g/mol. The van der Waals surface area contributed by atoms with Gasteiger partial charge in [-0.2, -0.15) is 0 Å². The van der Waals surface area contributed by atoms with Crippen LogP contribution in [0.15, 0.2) is 42.5 Å². The van der Waals surface area contributed by atoms with Crippen LogP contribution in [0.5, 0.6) is 11.5 Å². The Labute approximate surface area is 158 Å². The Hall–Kier alpha value is -2.60. The molecule has 1 fully saturated rings. The minimum atomic E-state index is -0.268. The lowest BCUT2D eigenvalue weighted by molar-refractivity contribution is -0.122. The fourth-order valence-corrected chi connectivity index (χ4v) is 3.06. The van der Waals surface area contributed by atoms with Crippen molar-refractivity contribution in [3.05, 3.63) is 59.4 Å². The fraction of sp³-hybridized carbons (Fsp3) is 0.381. The van der Waals surface area contributed by atoms with Crippen molar-refractivity contribution in [2.24, 2.45) is 0 Å². The summed E-state index contributed by atoms with van der Waals surface area (Å²) in [5, 5.41) is 6.25. The number of carbonyl (C=O) groups is 1. The lowest BCUT2D eigenvalue weighted by Gasteiger charge is -2.16. The Kier molecular flexibility index (Phi) is 6.65. The van der Waals surface area contributed by atoms with Crippen LogP contribution in [-0.4, -0.2) is 25.6 Å². The molecule has 5 nitrogen and oxygen atoms in total. The molecule has 6 heteroatoms. The number of halogens is 1. The molecule has 2 aromatic carbocycles. The third-order valence-corrected chi connectivity index (χ3v) is 4.62. The number of methoxy groups -OCH3 is 1. The zero-order chi connectivity index (χ0) is 19.1. The number of rotatable bonds is 7. The minimum absolute atomic E-state index is 0.0683. The van der Waals surface area contributed by atoms with Gasteiger partial charge in [0.05, 0.1) is 13.2 Å². The highest BCUT2D eigenvalue weighted by Gasteiger charge is 2.19. The molecule has 0 radical (unpaired) electrons. The van der Waals surface area contributed by atoms with E-state index < -0.39 is 0 Å². The van der Waals surface area contributed by atoms with Gasteiger partial charge in [0.1, 0.15) is 12.4 Å². The Morgan fingerprint density at radius 1 is 1.11 bits per heavy atom. The molecule has 0 spiro atoms. The normalized spacial score (nSPS) is 17.1. The first kappa shape index (κ1) is 19.2. The first-order valence-electron chi connectivity index (χ1n) is 9.21. The molecule has 0 aliphatic carbocycles. The average Bonchev–Trinajstić information content (AvgIpc) is 2.90. The summed E-state index contributed by atoms with van der Waals surface area (Å²) in [6.45, 7) is 1.66. The second-order valence-corrected chi connectivity index (χ2v) is 6.62. The van der Waals surface area contributed by atoms with Crippen molar-refractivity contribution in [1.29, 1.82) is 0 Å². The van der Waals surface area contributed by atoms with E-state index in [-0.39, 0.29) is 17.8 Å². The first-order chi connectivity index (χ1) is 13.2. The van der Waals surface area contributed by atoms with Crippen LogP contribution in [0.4, 0.5) is 4.39 Å². The molecule has 1 heterocycles. The summed E-state index contributed by atoms with van der Waals surface area (Å²) in [5.74, 6) is 1.05. The van der Waals surface area contributed by atoms with Crippen LogP contribution < -0.4 is 20.1 Å². The third kappa shape index (κ3) is 5.44. The summed E-state index contributed by atoms with van der Waals surface area (Å²) in [7, 11) is 1.59. The topological polar surface area (TPSA) is 59.6 Å². The van der Waals surface area contributed by atoms with E-state index in [1.54, 1.807) is 19.2 Å². The molecule has 0 bridgehead atoms. The highest BCUT2D eigenvalue weighted by atomic mass is 19.1. The zero-order valence-electron chi connectivity index (χ0n) is 15.5. The molecule has 1 aliphatic heterocycles. The summed E-state index contributed by atoms with van der Waals surface area (Å²) >= 11 is 0. The van der Waals surface area contributed by atoms with Gasteiger partial charge in [0.25, 0.3) is 0 Å². The number of nitrogens with one attached hydrogen (secondary N) is 2. The number of benzene rings is 2. The number of amides is 1. The van der Waals surface area contributed by atoms with Gasteiger partial charge in [-0.25, -0.2) is 4.39 Å². The predicted molar refractivity (Wildman–Crippen MR) is 101 cm³/mol. The van der Waals surface area contributed by atoms with Crippen molar-refractivity contribution in [1.82, 2.24) is 10.6 Å². The number of ether oxygens (including phenoxy) is 2. The molecule has 1 atom stereocenters. The minimum Gasteiger partial charge on any atom is -0.493 e. The van der Waals surface area contributed by atoms with E-state index in [9.17, 15) is 9.18 Å². The van der Waals surface area contributed by atoms with Crippen LogP contribution in [0.25, 0.3) is 0 Å². The first-order valence-corrected chi connectivity index (χ1v) is 9.21. The highest BCUT2D eigenvalue weighted by molar-refractivity contribution is 5.81. The van der Waals surface area contributed by atoms with Crippen LogP contribution in [0.3, 0.4) is 0 Å². The summed E-state index contributed by atoms with van der Waals surface area (Å²) < 4.78 is 24.2. The van der Waals surface area contributed by atoms with Gasteiger partial charge in [0.15, 0.2) is 11.5 Å². The van der Waals surface area contributed by atoms with E-state index >= 15 is 0 Å². The predicted octanol–water partition coefficient (Wildman–Crippen LogP) is 3.17. The van der Waals surface area contributed by atoms with Crippen molar-refractivity contribution in [2.45, 2.75) is 38.5 Å². The van der Waals surface area contributed by atoms with Gasteiger partial charge < -0.3 is 20.1 Å². The van der Waals surface area contributed by atoms with Gasteiger partial charge in [-0.05, 0) is 54.7 Å². The summed E-state index contributed by atoms with van der Waals surface area (Å²) in [6, 6.07) is 11.8. The molecule has 144 valence electrons. The van der Waals surface area contributed by atoms with Crippen LogP contribution in [0.1, 0.15) is 30.4 Å². The quantitative estimate of drug-likeness (QED) is 0.784. The summed E-state index contributed by atoms with van der Waals surface area (Å²) in [5.41, 5.74) is 1.89. The molecule has 2 N–H and O–H groups in total. The fourth-order valence-electron chi connectivity index (χ4n) is 3.06. The van der Waals surface area contributed by atoms with Gasteiger partial charge in [-0.3, -0.25) is 4.79 Å². The SMILES string of the molecule is COc1cc(CNC2CCCCNC2=O)ccc1OCc1ccc(F)cc1. The molecular formula is C21H25FN2O3. The largest absolute Gasteiger partial charge is 0.493 e. The van der Waals surface area contributed by atoms with Gasteiger partial charge in [-0.15, -0.1) is 0 Å². The maximum absolute atomic E-state index is 13.0. The molecule has 2 aromatic rings. The van der Waals surface area contributed by atoms with Crippen LogP contribution >= 0.6 is 0 Å². The smallest absolute Gasteiger partial charge is 0.237 e. The van der Waals surface area contributed by atoms with Crippen LogP contribution in [0, 0.1) is 5.82 Å². The van der Waals surface area contributed by atoms with E-state index in [1.807, 2.05) is 18.2 Å². The van der Waals surface area contributed by atoms with Gasteiger partial charge in [0, 0.05) is 13.1 Å². The van der Waals surface area contributed by atoms with Gasteiger partial charge >= 0.3 is 0 Å². The highest BCUT2D eigenvalue weighted by Crippen LogP contribution is 2.29. The monoisotopic (exact) mass is 372 g/mol. The van der Waals surface area contributed by atoms with Crippen molar-refractivity contribution >= 4 is 5.91 Å². The Balaban J connectivity index is 1.59. The molecular weight excluding hydrogens is 347 g/mol. The van der Waals surface area contributed by atoms with E-state index in [0.29, 0.717) is 24.7 Å². The van der Waals surface area contributed by atoms with Gasteiger partial charge in [0.2, 0.25) is 5.91 Å². The Bertz CT molecular complexity index is 765. The van der Waals surface area contributed by atoms with Crippen LogP contribution in [0.2, 0.25) is 0 Å². The van der Waals surface area contributed by atoms with Gasteiger partial charge in [-0.1, -0.05) is 18.2 Å². The lowest BCUT2D eigenvalue weighted by atomic mass is 10.1. The maximum Gasteiger partial charge on any atom is 0.237 e. The second kappa shape index (κ2) is 9.37. The standard InChI is InChI=1S/C21H25FN2O3/c1-26-20-12-16(13-24-18-4-2-3-11-23-21(18)25)7-10-19(20)27-14-15-5-8-17(22)9-6-15/h5-10,12,18,24H,2-4,11,13-14H2,1H3,(H,23,25). The molecule has 1 amide bonds. The third-order valence-electron chi connectivity index (χ3n) is 4.62. The zero-order valence-corrected chi connectivity index (χ0v) is 15.5. The molecule has 27 heavy (non-hydrogen) atoms. The number of hydrogen-bond donors (Lipinski definition) is 2. The van der Waals surface area contributed by atoms with Crippen molar-refractivity contribution in [3.63, 3.8) is 0 Å². The van der Waals surface area contributed by atoms with E-state index in [1.165, 1.54) is 12.1 Å². The summed E-state index contributed by atoms with van der Waals surface area (Å²) in [4.78, 5) is 12.0. The summed E-state index contributed by atoms with van der Waals surface area (Å²) in [6.07, 6.45) is 2.91. The molecule has 1 saturated heterocycles. The molecule has 1 unspecified atom stereocenters. The van der Waals surface area contributed by atoms with Crippen LogP contribution in [-0.2, 0) is 17.9 Å². The van der Waals surface area contributed by atoms with Crippen molar-refractivity contribution in [2.75, 3.05) is 13.7 Å². The van der Waals surface area contributed by atoms with E-state index in [0.717, 1.165) is 36.9 Å². The van der Waals surface area contributed by atoms with E-state index in [2.05, 4.69) is 10.6 Å². The molecule has 0 aromatic heterocycles. The second-order valence-electron chi connectivity index (χ2n) is 6.62. The molecule has 1 aliphatic rings. The molecule has 0 saturated carbocycles. The Morgan fingerprint density at radius 3 is 2.67 bits per heavy atom. The number of hydrogen-bond acceptors (Lipinski definition) is 4. The molecule has 3 rings (SSSR count). The Morgan fingerprint density at radius 2 is 1.89 bits per heavy atom. The van der Waals surface area contributed by atoms with E-state index in [4.69, 9.17) is 9.47 Å². The number of carbonyl (C=O) groups excluding carboxylic acids is 1. The van der Waals surface area contributed by atoms with Crippen molar-refractivity contribution < 1.29 is 18.7 Å².